The van der Waals surface area contributed by atoms with Gasteiger partial charge in [0.15, 0.2) is 5.69 Å². The van der Waals surface area contributed by atoms with Crippen LogP contribution in [0.15, 0.2) is 0 Å². The molecule has 1 amide bonds. The molecule has 2 N–H and O–H groups in total. The molecule has 0 atom stereocenters. The summed E-state index contributed by atoms with van der Waals surface area (Å²) in [6.07, 6.45) is 0. The molecule has 2 rings (SSSR count). The zero-order valence-corrected chi connectivity index (χ0v) is 10.1. The summed E-state index contributed by atoms with van der Waals surface area (Å²) < 4.78 is 6.37. The van der Waals surface area contributed by atoms with Crippen LogP contribution < -0.4 is 5.73 Å². The van der Waals surface area contributed by atoms with Crippen molar-refractivity contribution in [1.29, 1.82) is 0 Å². The molecule has 0 unspecified atom stereocenters. The lowest BCUT2D eigenvalue weighted by atomic mass is 10.3. The molecule has 2 heterocycles. The average Bonchev–Trinajstić information content (AvgIpc) is 2.85. The Kier molecular flexibility index (Phi) is 3.11. The third-order valence-electron chi connectivity index (χ3n) is 2.03. The molecule has 0 fully saturated rings. The number of amides is 1. The molecule has 0 saturated heterocycles. The monoisotopic (exact) mass is 254 g/mol. The zero-order chi connectivity index (χ0) is 12.4. The maximum Gasteiger partial charge on any atom is 0.271 e. The second kappa shape index (κ2) is 4.55. The molecule has 0 radical (unpaired) electrons. The minimum atomic E-state index is -0.615. The number of nitrogens with zero attached hydrogens (tertiary/aromatic N) is 5. The Balaban J connectivity index is 2.36. The van der Waals surface area contributed by atoms with Crippen molar-refractivity contribution in [3.63, 3.8) is 0 Å². The Morgan fingerprint density at radius 1 is 1.47 bits per heavy atom. The van der Waals surface area contributed by atoms with Gasteiger partial charge in [0, 0.05) is 7.11 Å². The lowest BCUT2D eigenvalue weighted by molar-refractivity contribution is 0.0995. The van der Waals surface area contributed by atoms with Gasteiger partial charge in [0.25, 0.3) is 5.91 Å². The number of nitrogens with two attached hydrogens (primary N) is 1. The third kappa shape index (κ3) is 2.15. The van der Waals surface area contributed by atoms with Gasteiger partial charge in [0.05, 0.1) is 5.69 Å². The van der Waals surface area contributed by atoms with E-state index in [9.17, 15) is 4.79 Å². The standard InChI is InChI=1S/C8H10N6O2S/c1-4-6(7(9)15)11-13-14(4)8-12-10-5(17-8)3-16-2/h3H2,1-2H3,(H2,9,15). The number of primary amides is 1. The molecular weight excluding hydrogens is 244 g/mol. The van der Waals surface area contributed by atoms with Gasteiger partial charge < -0.3 is 10.5 Å². The van der Waals surface area contributed by atoms with Crippen LogP contribution in [-0.2, 0) is 11.3 Å². The van der Waals surface area contributed by atoms with Crippen molar-refractivity contribution in [1.82, 2.24) is 25.2 Å². The van der Waals surface area contributed by atoms with Gasteiger partial charge in [-0.05, 0) is 6.92 Å². The van der Waals surface area contributed by atoms with Crippen LogP contribution in [0.1, 0.15) is 21.2 Å². The van der Waals surface area contributed by atoms with Crippen molar-refractivity contribution in [2.24, 2.45) is 5.73 Å². The van der Waals surface area contributed by atoms with Crippen molar-refractivity contribution in [3.05, 3.63) is 16.4 Å². The van der Waals surface area contributed by atoms with E-state index in [1.807, 2.05) is 0 Å². The Hall–Kier alpha value is -1.87. The van der Waals surface area contributed by atoms with Crippen molar-refractivity contribution in [2.45, 2.75) is 13.5 Å². The van der Waals surface area contributed by atoms with Crippen LogP contribution in [0.3, 0.4) is 0 Å². The first kappa shape index (κ1) is 11.6. The Labute approximate surface area is 100 Å². The summed E-state index contributed by atoms with van der Waals surface area (Å²) in [6, 6.07) is 0. The molecule has 0 spiro atoms. The van der Waals surface area contributed by atoms with Gasteiger partial charge in [-0.3, -0.25) is 4.79 Å². The highest BCUT2D eigenvalue weighted by molar-refractivity contribution is 7.13. The Bertz CT molecular complexity index is 548. The van der Waals surface area contributed by atoms with Gasteiger partial charge in [-0.25, -0.2) is 0 Å². The van der Waals surface area contributed by atoms with Crippen LogP contribution >= 0.6 is 11.3 Å². The van der Waals surface area contributed by atoms with E-state index < -0.39 is 5.91 Å². The smallest absolute Gasteiger partial charge is 0.271 e. The zero-order valence-electron chi connectivity index (χ0n) is 9.25. The lowest BCUT2D eigenvalue weighted by Gasteiger charge is -1.95. The van der Waals surface area contributed by atoms with Gasteiger partial charge in [0.1, 0.15) is 11.6 Å². The van der Waals surface area contributed by atoms with E-state index in [-0.39, 0.29) is 5.69 Å². The summed E-state index contributed by atoms with van der Waals surface area (Å²) in [5, 5.41) is 16.6. The number of methoxy groups -OCH3 is 1. The van der Waals surface area contributed by atoms with Crippen LogP contribution in [-0.4, -0.2) is 38.2 Å². The van der Waals surface area contributed by atoms with E-state index in [0.717, 1.165) is 5.01 Å². The summed E-state index contributed by atoms with van der Waals surface area (Å²) in [7, 11) is 1.58. The van der Waals surface area contributed by atoms with Crippen LogP contribution in [0.5, 0.6) is 0 Å². The number of rotatable bonds is 4. The van der Waals surface area contributed by atoms with E-state index in [0.29, 0.717) is 17.4 Å². The summed E-state index contributed by atoms with van der Waals surface area (Å²) >= 11 is 1.31. The van der Waals surface area contributed by atoms with E-state index in [2.05, 4.69) is 20.5 Å². The molecule has 0 aromatic carbocycles. The first-order chi connectivity index (χ1) is 8.13. The van der Waals surface area contributed by atoms with E-state index in [4.69, 9.17) is 10.5 Å². The van der Waals surface area contributed by atoms with Gasteiger partial charge in [-0.15, -0.1) is 15.3 Å². The normalized spacial score (nSPS) is 10.7. The van der Waals surface area contributed by atoms with Crippen molar-refractivity contribution in [2.75, 3.05) is 7.11 Å². The van der Waals surface area contributed by atoms with Gasteiger partial charge >= 0.3 is 0 Å². The molecule has 8 nitrogen and oxygen atoms in total. The molecule has 90 valence electrons. The SMILES string of the molecule is COCc1nnc(-n2nnc(C(N)=O)c2C)s1. The highest BCUT2D eigenvalue weighted by Gasteiger charge is 2.17. The van der Waals surface area contributed by atoms with E-state index in [1.165, 1.54) is 16.0 Å². The van der Waals surface area contributed by atoms with Crippen LogP contribution in [0.4, 0.5) is 0 Å². The summed E-state index contributed by atoms with van der Waals surface area (Å²) in [6.45, 7) is 2.07. The summed E-state index contributed by atoms with van der Waals surface area (Å²) in [4.78, 5) is 11.0. The molecule has 0 bridgehead atoms. The largest absolute Gasteiger partial charge is 0.377 e. The van der Waals surface area contributed by atoms with Crippen molar-refractivity contribution < 1.29 is 9.53 Å². The third-order valence-corrected chi connectivity index (χ3v) is 2.91. The predicted octanol–water partition coefficient (Wildman–Crippen LogP) is -0.327. The molecule has 0 aliphatic rings. The quantitative estimate of drug-likeness (QED) is 0.800. The molecule has 17 heavy (non-hydrogen) atoms. The van der Waals surface area contributed by atoms with Crippen molar-refractivity contribution in [3.8, 4) is 5.13 Å². The number of ether oxygens (including phenoxy) is 1. The molecule has 0 aliphatic carbocycles. The van der Waals surface area contributed by atoms with Gasteiger partial charge in [0.2, 0.25) is 5.13 Å². The summed E-state index contributed by atoms with van der Waals surface area (Å²) in [5.41, 5.74) is 5.82. The number of carbonyl (C=O) groups excluding carboxylic acids is 1. The maximum atomic E-state index is 11.0. The summed E-state index contributed by atoms with van der Waals surface area (Å²) in [5.74, 6) is -0.615. The predicted molar refractivity (Wildman–Crippen MR) is 58.8 cm³/mol. The van der Waals surface area contributed by atoms with Crippen LogP contribution in [0, 0.1) is 6.92 Å². The Morgan fingerprint density at radius 3 is 2.82 bits per heavy atom. The van der Waals surface area contributed by atoms with Crippen LogP contribution in [0.25, 0.3) is 5.13 Å². The van der Waals surface area contributed by atoms with Gasteiger partial charge in [-0.2, -0.15) is 4.68 Å². The fourth-order valence-electron chi connectivity index (χ4n) is 1.25. The van der Waals surface area contributed by atoms with E-state index in [1.54, 1.807) is 14.0 Å². The number of aromatic nitrogens is 5. The molecule has 2 aromatic rings. The molecule has 9 heteroatoms. The fourth-order valence-corrected chi connectivity index (χ4v) is 2.06. The van der Waals surface area contributed by atoms with Gasteiger partial charge in [-0.1, -0.05) is 16.6 Å². The molecule has 0 aliphatic heterocycles. The number of hydrogen-bond acceptors (Lipinski definition) is 7. The Morgan fingerprint density at radius 2 is 2.24 bits per heavy atom. The topological polar surface area (TPSA) is 109 Å². The van der Waals surface area contributed by atoms with E-state index >= 15 is 0 Å². The van der Waals surface area contributed by atoms with Crippen LogP contribution in [0.2, 0.25) is 0 Å². The molecular formula is C8H10N6O2S. The van der Waals surface area contributed by atoms with Crippen molar-refractivity contribution >= 4 is 17.2 Å². The fraction of sp³-hybridized carbons (Fsp3) is 0.375. The second-order valence-electron chi connectivity index (χ2n) is 3.21. The highest BCUT2D eigenvalue weighted by Crippen LogP contribution is 2.17. The average molecular weight is 254 g/mol. The molecule has 0 saturated carbocycles. The first-order valence-corrected chi connectivity index (χ1v) is 5.49. The minimum absolute atomic E-state index is 0.133. The molecule has 2 aromatic heterocycles. The maximum absolute atomic E-state index is 11.0. The minimum Gasteiger partial charge on any atom is -0.377 e. The number of hydrogen-bond donors (Lipinski definition) is 1. The lowest BCUT2D eigenvalue weighted by Crippen LogP contribution is -2.13. The second-order valence-corrected chi connectivity index (χ2v) is 4.25. The number of carbonyl (C=O) groups is 1. The highest BCUT2D eigenvalue weighted by atomic mass is 32.1. The first-order valence-electron chi connectivity index (χ1n) is 4.67.